The smallest absolute Gasteiger partial charge is 0.251 e. The van der Waals surface area contributed by atoms with E-state index in [0.717, 1.165) is 23.9 Å². The fraction of sp³-hybridized carbons (Fsp3) is 0.462. The standard InChI is InChI=1S/C13H16BrF2NO/c1-13(2,5-6-14)8-17-12(18)9-3-4-10(15)11(16)7-9/h3-4,7H,5-6,8H2,1-2H3,(H,17,18). The molecule has 100 valence electrons. The van der Waals surface area contributed by atoms with E-state index in [0.29, 0.717) is 6.54 Å². The second-order valence-corrected chi connectivity index (χ2v) is 5.71. The summed E-state index contributed by atoms with van der Waals surface area (Å²) in [5.41, 5.74) is 0.0844. The molecule has 0 atom stereocenters. The third kappa shape index (κ3) is 4.37. The first kappa shape index (κ1) is 15.1. The van der Waals surface area contributed by atoms with Crippen LogP contribution in [0.4, 0.5) is 8.78 Å². The molecule has 5 heteroatoms. The average Bonchev–Trinajstić information content (AvgIpc) is 2.30. The molecule has 0 aliphatic carbocycles. The van der Waals surface area contributed by atoms with Crippen molar-refractivity contribution in [1.29, 1.82) is 0 Å². The predicted molar refractivity (Wildman–Crippen MR) is 70.9 cm³/mol. The number of nitrogens with one attached hydrogen (secondary N) is 1. The fourth-order valence-corrected chi connectivity index (χ4v) is 2.48. The summed E-state index contributed by atoms with van der Waals surface area (Å²) in [5.74, 6) is -2.36. The molecule has 0 saturated heterocycles. The quantitative estimate of drug-likeness (QED) is 0.827. The molecule has 0 aromatic heterocycles. The summed E-state index contributed by atoms with van der Waals surface area (Å²) in [4.78, 5) is 11.7. The molecule has 2 nitrogen and oxygen atoms in total. The minimum Gasteiger partial charge on any atom is -0.352 e. The van der Waals surface area contributed by atoms with Crippen LogP contribution in [-0.2, 0) is 0 Å². The van der Waals surface area contributed by atoms with Crippen molar-refractivity contribution in [2.75, 3.05) is 11.9 Å². The SMILES string of the molecule is CC(C)(CCBr)CNC(=O)c1ccc(F)c(F)c1. The summed E-state index contributed by atoms with van der Waals surface area (Å²) in [7, 11) is 0. The van der Waals surface area contributed by atoms with Gasteiger partial charge in [0.1, 0.15) is 0 Å². The van der Waals surface area contributed by atoms with E-state index in [4.69, 9.17) is 0 Å². The lowest BCUT2D eigenvalue weighted by Crippen LogP contribution is -2.34. The van der Waals surface area contributed by atoms with Gasteiger partial charge in [0.15, 0.2) is 11.6 Å². The van der Waals surface area contributed by atoms with Crippen molar-refractivity contribution in [2.45, 2.75) is 20.3 Å². The topological polar surface area (TPSA) is 29.1 Å². The lowest BCUT2D eigenvalue weighted by molar-refractivity contribution is 0.0935. The maximum Gasteiger partial charge on any atom is 0.251 e. The molecule has 0 radical (unpaired) electrons. The molecule has 0 spiro atoms. The van der Waals surface area contributed by atoms with Gasteiger partial charge in [-0.25, -0.2) is 8.78 Å². The normalized spacial score (nSPS) is 11.4. The van der Waals surface area contributed by atoms with Gasteiger partial charge in [-0.1, -0.05) is 29.8 Å². The highest BCUT2D eigenvalue weighted by molar-refractivity contribution is 9.09. The van der Waals surface area contributed by atoms with Crippen LogP contribution in [0, 0.1) is 17.0 Å². The van der Waals surface area contributed by atoms with Crippen molar-refractivity contribution in [3.63, 3.8) is 0 Å². The van der Waals surface area contributed by atoms with Crippen LogP contribution < -0.4 is 5.32 Å². The van der Waals surface area contributed by atoms with Crippen LogP contribution in [0.3, 0.4) is 0 Å². The monoisotopic (exact) mass is 319 g/mol. The minimum absolute atomic E-state index is 0.0439. The van der Waals surface area contributed by atoms with Gasteiger partial charge in [-0.2, -0.15) is 0 Å². The molecule has 0 heterocycles. The molecule has 0 unspecified atom stereocenters. The van der Waals surface area contributed by atoms with Crippen molar-refractivity contribution in [2.24, 2.45) is 5.41 Å². The van der Waals surface area contributed by atoms with E-state index >= 15 is 0 Å². The number of carbonyl (C=O) groups excluding carboxylic acids is 1. The lowest BCUT2D eigenvalue weighted by Gasteiger charge is -2.23. The Hall–Kier alpha value is -0.970. The predicted octanol–water partition coefficient (Wildman–Crippen LogP) is 3.51. The molecule has 1 aromatic carbocycles. The van der Waals surface area contributed by atoms with Crippen molar-refractivity contribution < 1.29 is 13.6 Å². The summed E-state index contributed by atoms with van der Waals surface area (Å²) in [6, 6.07) is 3.13. The van der Waals surface area contributed by atoms with Crippen LogP contribution in [0.2, 0.25) is 0 Å². The van der Waals surface area contributed by atoms with Gasteiger partial charge in [-0.3, -0.25) is 4.79 Å². The third-order valence-corrected chi connectivity index (χ3v) is 3.08. The van der Waals surface area contributed by atoms with E-state index in [1.807, 2.05) is 13.8 Å². The first-order valence-electron chi connectivity index (χ1n) is 5.65. The lowest BCUT2D eigenvalue weighted by atomic mass is 9.90. The fourth-order valence-electron chi connectivity index (χ4n) is 1.40. The van der Waals surface area contributed by atoms with Gasteiger partial charge in [-0.05, 0) is 30.0 Å². The van der Waals surface area contributed by atoms with Crippen LogP contribution in [0.15, 0.2) is 18.2 Å². The molecule has 1 rings (SSSR count). The Balaban J connectivity index is 2.63. The highest BCUT2D eigenvalue weighted by Gasteiger charge is 2.18. The Morgan fingerprint density at radius 1 is 1.33 bits per heavy atom. The second kappa shape index (κ2) is 6.27. The Bertz CT molecular complexity index is 435. The van der Waals surface area contributed by atoms with Crippen molar-refractivity contribution in [1.82, 2.24) is 5.32 Å². The first-order chi connectivity index (χ1) is 8.35. The van der Waals surface area contributed by atoms with Crippen LogP contribution >= 0.6 is 15.9 Å². The largest absolute Gasteiger partial charge is 0.352 e. The average molecular weight is 320 g/mol. The van der Waals surface area contributed by atoms with Crippen LogP contribution in [0.5, 0.6) is 0 Å². The Labute approximate surface area is 114 Å². The van der Waals surface area contributed by atoms with Crippen molar-refractivity contribution >= 4 is 21.8 Å². The maximum atomic E-state index is 13.0. The van der Waals surface area contributed by atoms with E-state index in [-0.39, 0.29) is 11.0 Å². The molecule has 1 aromatic rings. The van der Waals surface area contributed by atoms with Crippen molar-refractivity contribution in [3.05, 3.63) is 35.4 Å². The highest BCUT2D eigenvalue weighted by Crippen LogP contribution is 2.20. The third-order valence-electron chi connectivity index (χ3n) is 2.68. The first-order valence-corrected chi connectivity index (χ1v) is 6.77. The minimum atomic E-state index is -1.01. The van der Waals surface area contributed by atoms with Gasteiger partial charge in [-0.15, -0.1) is 0 Å². The Morgan fingerprint density at radius 3 is 2.56 bits per heavy atom. The van der Waals surface area contributed by atoms with E-state index in [9.17, 15) is 13.6 Å². The van der Waals surface area contributed by atoms with Crippen LogP contribution in [0.25, 0.3) is 0 Å². The summed E-state index contributed by atoms with van der Waals surface area (Å²) < 4.78 is 25.7. The molecule has 0 saturated carbocycles. The molecule has 1 amide bonds. The Kier molecular flexibility index (Phi) is 5.26. The molecule has 0 bridgehead atoms. The van der Waals surface area contributed by atoms with Crippen molar-refractivity contribution in [3.8, 4) is 0 Å². The number of alkyl halides is 1. The Morgan fingerprint density at radius 2 is 2.00 bits per heavy atom. The number of benzene rings is 1. The summed E-state index contributed by atoms with van der Waals surface area (Å²) in [6.45, 7) is 4.54. The summed E-state index contributed by atoms with van der Waals surface area (Å²) in [6.07, 6.45) is 0.908. The molecule has 0 fully saturated rings. The summed E-state index contributed by atoms with van der Waals surface area (Å²) >= 11 is 3.35. The van der Waals surface area contributed by atoms with Gasteiger partial charge in [0.25, 0.3) is 5.91 Å². The number of halogens is 3. The number of carbonyl (C=O) groups is 1. The molecular formula is C13H16BrF2NO. The maximum absolute atomic E-state index is 13.0. The van der Waals surface area contributed by atoms with Gasteiger partial charge in [0.05, 0.1) is 0 Å². The van der Waals surface area contributed by atoms with E-state index in [2.05, 4.69) is 21.2 Å². The molecular weight excluding hydrogens is 304 g/mol. The zero-order valence-corrected chi connectivity index (χ0v) is 12.0. The molecule has 1 N–H and O–H groups in total. The second-order valence-electron chi connectivity index (χ2n) is 4.91. The highest BCUT2D eigenvalue weighted by atomic mass is 79.9. The van der Waals surface area contributed by atoms with E-state index in [1.165, 1.54) is 6.07 Å². The number of rotatable bonds is 5. The zero-order valence-electron chi connectivity index (χ0n) is 10.4. The van der Waals surface area contributed by atoms with Crippen LogP contribution in [0.1, 0.15) is 30.6 Å². The summed E-state index contributed by atoms with van der Waals surface area (Å²) in [5, 5.41) is 3.57. The molecule has 18 heavy (non-hydrogen) atoms. The molecule has 0 aliphatic heterocycles. The van der Waals surface area contributed by atoms with Gasteiger partial charge in [0.2, 0.25) is 0 Å². The van der Waals surface area contributed by atoms with E-state index < -0.39 is 17.5 Å². The van der Waals surface area contributed by atoms with Gasteiger partial charge >= 0.3 is 0 Å². The zero-order chi connectivity index (χ0) is 13.8. The van der Waals surface area contributed by atoms with Gasteiger partial charge < -0.3 is 5.32 Å². The van der Waals surface area contributed by atoms with Gasteiger partial charge in [0, 0.05) is 17.4 Å². The molecule has 0 aliphatic rings. The van der Waals surface area contributed by atoms with E-state index in [1.54, 1.807) is 0 Å². The number of hydrogen-bond donors (Lipinski definition) is 1. The number of amides is 1. The number of hydrogen-bond acceptors (Lipinski definition) is 1. The van der Waals surface area contributed by atoms with Crippen LogP contribution in [-0.4, -0.2) is 17.8 Å².